The van der Waals surface area contributed by atoms with Crippen LogP contribution in [0.2, 0.25) is 0 Å². The standard InChI is InChI=1S/C9H19NO2/c1-4-5-9(12)6-10(3)8(2)7-11/h8,11H,4-7H2,1-3H3. The Labute approximate surface area is 74.4 Å². The highest BCUT2D eigenvalue weighted by atomic mass is 16.3. The highest BCUT2D eigenvalue weighted by molar-refractivity contribution is 5.80. The lowest BCUT2D eigenvalue weighted by Crippen LogP contribution is -2.36. The number of rotatable bonds is 6. The molecule has 0 aromatic rings. The first-order valence-corrected chi connectivity index (χ1v) is 4.44. The Balaban J connectivity index is 3.67. The molecule has 0 spiro atoms. The highest BCUT2D eigenvalue weighted by Crippen LogP contribution is 1.97. The molecule has 0 aliphatic carbocycles. The SMILES string of the molecule is CCCC(=O)CN(C)C(C)CO. The third-order valence-electron chi connectivity index (χ3n) is 1.97. The van der Waals surface area contributed by atoms with Gasteiger partial charge in [0.05, 0.1) is 13.2 Å². The van der Waals surface area contributed by atoms with Crippen LogP contribution in [0.15, 0.2) is 0 Å². The molecule has 0 heterocycles. The lowest BCUT2D eigenvalue weighted by molar-refractivity contribution is -0.120. The maximum atomic E-state index is 11.2. The van der Waals surface area contributed by atoms with Crippen LogP contribution in [0.25, 0.3) is 0 Å². The normalized spacial score (nSPS) is 13.4. The molecule has 0 rings (SSSR count). The third-order valence-corrected chi connectivity index (χ3v) is 1.97. The number of carbonyl (C=O) groups is 1. The summed E-state index contributed by atoms with van der Waals surface area (Å²) in [5.41, 5.74) is 0. The molecule has 0 bridgehead atoms. The summed E-state index contributed by atoms with van der Waals surface area (Å²) in [5, 5.41) is 8.80. The van der Waals surface area contributed by atoms with E-state index in [1.165, 1.54) is 0 Å². The molecule has 12 heavy (non-hydrogen) atoms. The number of aliphatic hydroxyl groups excluding tert-OH is 1. The van der Waals surface area contributed by atoms with Gasteiger partial charge in [-0.1, -0.05) is 6.92 Å². The Morgan fingerprint density at radius 3 is 2.58 bits per heavy atom. The predicted molar refractivity (Wildman–Crippen MR) is 49.1 cm³/mol. The molecule has 1 N–H and O–H groups in total. The molecule has 0 fully saturated rings. The van der Waals surface area contributed by atoms with E-state index >= 15 is 0 Å². The molecule has 0 saturated carbocycles. The molecule has 0 aliphatic rings. The summed E-state index contributed by atoms with van der Waals surface area (Å²) < 4.78 is 0. The molecule has 0 aliphatic heterocycles. The summed E-state index contributed by atoms with van der Waals surface area (Å²) in [7, 11) is 1.86. The Morgan fingerprint density at radius 1 is 1.58 bits per heavy atom. The van der Waals surface area contributed by atoms with Crippen LogP contribution in [-0.2, 0) is 4.79 Å². The molecule has 0 radical (unpaired) electrons. The van der Waals surface area contributed by atoms with E-state index in [0.29, 0.717) is 13.0 Å². The molecule has 3 nitrogen and oxygen atoms in total. The van der Waals surface area contributed by atoms with Crippen molar-refractivity contribution >= 4 is 5.78 Å². The Hall–Kier alpha value is -0.410. The second-order valence-corrected chi connectivity index (χ2v) is 3.24. The third kappa shape index (κ3) is 4.46. The molecule has 0 saturated heterocycles. The van der Waals surface area contributed by atoms with E-state index in [4.69, 9.17) is 5.11 Å². The van der Waals surface area contributed by atoms with Crippen molar-refractivity contribution in [3.8, 4) is 0 Å². The monoisotopic (exact) mass is 173 g/mol. The zero-order chi connectivity index (χ0) is 9.56. The van der Waals surface area contributed by atoms with Crippen LogP contribution in [0.4, 0.5) is 0 Å². The smallest absolute Gasteiger partial charge is 0.146 e. The molecule has 0 amide bonds. The van der Waals surface area contributed by atoms with E-state index in [2.05, 4.69) is 0 Å². The van der Waals surface area contributed by atoms with Gasteiger partial charge in [0.1, 0.15) is 5.78 Å². The van der Waals surface area contributed by atoms with E-state index in [-0.39, 0.29) is 18.4 Å². The summed E-state index contributed by atoms with van der Waals surface area (Å²) in [6.45, 7) is 4.46. The van der Waals surface area contributed by atoms with Crippen LogP contribution in [-0.4, -0.2) is 42.0 Å². The van der Waals surface area contributed by atoms with Crippen molar-refractivity contribution in [2.24, 2.45) is 0 Å². The molecule has 0 aromatic heterocycles. The summed E-state index contributed by atoms with van der Waals surface area (Å²) in [5.74, 6) is 0.250. The van der Waals surface area contributed by atoms with E-state index < -0.39 is 0 Å². The van der Waals surface area contributed by atoms with E-state index in [0.717, 1.165) is 6.42 Å². The molecule has 0 aromatic carbocycles. The van der Waals surface area contributed by atoms with Gasteiger partial charge in [0.15, 0.2) is 0 Å². The summed E-state index contributed by atoms with van der Waals surface area (Å²) >= 11 is 0. The first kappa shape index (κ1) is 11.6. The van der Waals surface area contributed by atoms with Crippen molar-refractivity contribution in [1.82, 2.24) is 4.90 Å². The van der Waals surface area contributed by atoms with Gasteiger partial charge in [-0.25, -0.2) is 0 Å². The fraction of sp³-hybridized carbons (Fsp3) is 0.889. The van der Waals surface area contributed by atoms with Crippen molar-refractivity contribution in [1.29, 1.82) is 0 Å². The summed E-state index contributed by atoms with van der Waals surface area (Å²) in [4.78, 5) is 13.0. The van der Waals surface area contributed by atoms with Gasteiger partial charge < -0.3 is 5.11 Å². The maximum Gasteiger partial charge on any atom is 0.146 e. The lowest BCUT2D eigenvalue weighted by Gasteiger charge is -2.21. The minimum atomic E-state index is 0.0748. The second-order valence-electron chi connectivity index (χ2n) is 3.24. The van der Waals surface area contributed by atoms with Crippen LogP contribution in [0.5, 0.6) is 0 Å². The number of nitrogens with zero attached hydrogens (tertiary/aromatic N) is 1. The molecular weight excluding hydrogens is 154 g/mol. The number of likely N-dealkylation sites (N-methyl/N-ethyl adjacent to an activating group) is 1. The summed E-state index contributed by atoms with van der Waals surface area (Å²) in [6, 6.07) is 0.0748. The molecule has 3 heteroatoms. The van der Waals surface area contributed by atoms with Crippen LogP contribution in [0.3, 0.4) is 0 Å². The minimum Gasteiger partial charge on any atom is -0.395 e. The van der Waals surface area contributed by atoms with Crippen LogP contribution in [0, 0.1) is 0 Å². The lowest BCUT2D eigenvalue weighted by atomic mass is 10.2. The number of Topliss-reactive ketones (excluding diaryl/α,β-unsaturated/α-hetero) is 1. The number of hydrogen-bond donors (Lipinski definition) is 1. The summed E-state index contributed by atoms with van der Waals surface area (Å²) in [6.07, 6.45) is 1.54. The number of hydrogen-bond acceptors (Lipinski definition) is 3. The van der Waals surface area contributed by atoms with Crippen molar-refractivity contribution in [3.63, 3.8) is 0 Å². The minimum absolute atomic E-state index is 0.0748. The van der Waals surface area contributed by atoms with Crippen molar-refractivity contribution < 1.29 is 9.90 Å². The van der Waals surface area contributed by atoms with Gasteiger partial charge in [-0.2, -0.15) is 0 Å². The number of ketones is 1. The average Bonchev–Trinajstić information content (AvgIpc) is 2.03. The van der Waals surface area contributed by atoms with Gasteiger partial charge in [-0.15, -0.1) is 0 Å². The van der Waals surface area contributed by atoms with Gasteiger partial charge >= 0.3 is 0 Å². The van der Waals surface area contributed by atoms with Crippen LogP contribution >= 0.6 is 0 Å². The van der Waals surface area contributed by atoms with Crippen molar-refractivity contribution in [2.45, 2.75) is 32.7 Å². The van der Waals surface area contributed by atoms with Crippen molar-refractivity contribution in [3.05, 3.63) is 0 Å². The van der Waals surface area contributed by atoms with Gasteiger partial charge in [0.25, 0.3) is 0 Å². The molecular formula is C9H19NO2. The quantitative estimate of drug-likeness (QED) is 0.641. The Kier molecular flexibility index (Phi) is 5.93. The fourth-order valence-electron chi connectivity index (χ4n) is 0.931. The van der Waals surface area contributed by atoms with Crippen LogP contribution in [0.1, 0.15) is 26.7 Å². The fourth-order valence-corrected chi connectivity index (χ4v) is 0.931. The number of carbonyl (C=O) groups excluding carboxylic acids is 1. The molecule has 1 atom stereocenters. The Bertz CT molecular complexity index is 136. The van der Waals surface area contributed by atoms with Crippen LogP contribution < -0.4 is 0 Å². The average molecular weight is 173 g/mol. The molecule has 1 unspecified atom stereocenters. The highest BCUT2D eigenvalue weighted by Gasteiger charge is 2.10. The van der Waals surface area contributed by atoms with Gasteiger partial charge in [-0.05, 0) is 20.4 Å². The topological polar surface area (TPSA) is 40.5 Å². The van der Waals surface area contributed by atoms with Gasteiger partial charge in [0, 0.05) is 12.5 Å². The zero-order valence-corrected chi connectivity index (χ0v) is 8.21. The first-order chi connectivity index (χ1) is 5.61. The van der Waals surface area contributed by atoms with Gasteiger partial charge in [0.2, 0.25) is 0 Å². The number of aliphatic hydroxyl groups is 1. The predicted octanol–water partition coefficient (Wildman–Crippen LogP) is 0.668. The van der Waals surface area contributed by atoms with E-state index in [1.807, 2.05) is 25.8 Å². The Morgan fingerprint density at radius 2 is 2.17 bits per heavy atom. The van der Waals surface area contributed by atoms with Crippen molar-refractivity contribution in [2.75, 3.05) is 20.2 Å². The largest absolute Gasteiger partial charge is 0.395 e. The second kappa shape index (κ2) is 6.14. The molecule has 72 valence electrons. The van der Waals surface area contributed by atoms with E-state index in [9.17, 15) is 4.79 Å². The zero-order valence-electron chi connectivity index (χ0n) is 8.21. The van der Waals surface area contributed by atoms with E-state index in [1.54, 1.807) is 0 Å². The maximum absolute atomic E-state index is 11.2. The first-order valence-electron chi connectivity index (χ1n) is 4.44. The van der Waals surface area contributed by atoms with Gasteiger partial charge in [-0.3, -0.25) is 9.69 Å².